The molecular weight excluding hydrogens is 352 g/mol. The van der Waals surface area contributed by atoms with Gasteiger partial charge in [0.2, 0.25) is 0 Å². The number of carbonyl (C=O) groups excluding carboxylic acids is 1. The van der Waals surface area contributed by atoms with Gasteiger partial charge in [0.25, 0.3) is 5.91 Å². The van der Waals surface area contributed by atoms with Crippen LogP contribution in [0.3, 0.4) is 0 Å². The molecule has 0 aliphatic heterocycles. The number of hydrogen-bond donors (Lipinski definition) is 1. The Hall–Kier alpha value is -3.15. The van der Waals surface area contributed by atoms with Gasteiger partial charge < -0.3 is 10.1 Å². The maximum atomic E-state index is 12.4. The second-order valence-electron chi connectivity index (χ2n) is 7.76. The normalized spacial score (nSPS) is 12.4. The van der Waals surface area contributed by atoms with Crippen LogP contribution in [-0.2, 0) is 10.2 Å². The summed E-state index contributed by atoms with van der Waals surface area (Å²) in [6, 6.07) is 15.5. The monoisotopic (exact) mass is 378 g/mol. The molecule has 0 aliphatic rings. The molecular formula is C22H26N4O2. The second kappa shape index (κ2) is 8.25. The van der Waals surface area contributed by atoms with Gasteiger partial charge in [0.15, 0.2) is 6.61 Å². The number of nitrogens with zero attached hydrogens (tertiary/aromatic N) is 3. The average molecular weight is 378 g/mol. The van der Waals surface area contributed by atoms with E-state index in [2.05, 4.69) is 36.2 Å². The number of ether oxygens (including phenoxy) is 1. The summed E-state index contributed by atoms with van der Waals surface area (Å²) < 4.78 is 7.49. The summed E-state index contributed by atoms with van der Waals surface area (Å²) in [6.07, 6.45) is 3.14. The van der Waals surface area contributed by atoms with Crippen LogP contribution in [0.1, 0.15) is 44.9 Å². The van der Waals surface area contributed by atoms with Crippen molar-refractivity contribution < 1.29 is 9.53 Å². The molecule has 0 bridgehead atoms. The SMILES string of the molecule is C[C@H](NC(=O)COc1ccccc1C(C)(C)C)c1ccc(-n2cncn2)cc1. The molecule has 6 nitrogen and oxygen atoms in total. The minimum Gasteiger partial charge on any atom is -0.483 e. The standard InChI is InChI=1S/C22H26N4O2/c1-16(17-9-11-18(12-10-17)26-15-23-14-24-26)25-21(27)13-28-20-8-6-5-7-19(20)22(2,3)4/h5-12,14-16H,13H2,1-4H3,(H,25,27)/t16-/m0/s1. The van der Waals surface area contributed by atoms with Crippen LogP contribution in [0.4, 0.5) is 0 Å². The Kier molecular flexibility index (Phi) is 5.78. The van der Waals surface area contributed by atoms with Crippen LogP contribution in [0.25, 0.3) is 5.69 Å². The van der Waals surface area contributed by atoms with E-state index in [1.807, 2.05) is 55.5 Å². The van der Waals surface area contributed by atoms with Crippen molar-refractivity contribution in [1.29, 1.82) is 0 Å². The lowest BCUT2D eigenvalue weighted by Gasteiger charge is -2.23. The van der Waals surface area contributed by atoms with Gasteiger partial charge in [0.1, 0.15) is 18.4 Å². The third-order valence-corrected chi connectivity index (χ3v) is 4.51. The summed E-state index contributed by atoms with van der Waals surface area (Å²) in [5.41, 5.74) is 2.96. The van der Waals surface area contributed by atoms with Crippen molar-refractivity contribution in [2.24, 2.45) is 0 Å². The number of hydrogen-bond acceptors (Lipinski definition) is 4. The highest BCUT2D eigenvalue weighted by molar-refractivity contribution is 5.78. The molecule has 0 radical (unpaired) electrons. The third kappa shape index (κ3) is 4.76. The molecule has 2 aromatic carbocycles. The van der Waals surface area contributed by atoms with Gasteiger partial charge in [-0.05, 0) is 41.7 Å². The van der Waals surface area contributed by atoms with Crippen molar-refractivity contribution in [1.82, 2.24) is 20.1 Å². The van der Waals surface area contributed by atoms with Crippen molar-refractivity contribution >= 4 is 5.91 Å². The predicted molar refractivity (Wildman–Crippen MR) is 109 cm³/mol. The second-order valence-corrected chi connectivity index (χ2v) is 7.76. The fraction of sp³-hybridized carbons (Fsp3) is 0.318. The van der Waals surface area contributed by atoms with E-state index in [1.54, 1.807) is 11.0 Å². The van der Waals surface area contributed by atoms with Crippen LogP contribution in [0, 0.1) is 0 Å². The zero-order valence-electron chi connectivity index (χ0n) is 16.7. The van der Waals surface area contributed by atoms with E-state index in [1.165, 1.54) is 6.33 Å². The Morgan fingerprint density at radius 1 is 1.14 bits per heavy atom. The molecule has 1 atom stereocenters. The molecule has 1 N–H and O–H groups in total. The minimum absolute atomic E-state index is 0.0194. The van der Waals surface area contributed by atoms with Crippen molar-refractivity contribution in [3.63, 3.8) is 0 Å². The molecule has 28 heavy (non-hydrogen) atoms. The summed E-state index contributed by atoms with van der Waals surface area (Å²) in [6.45, 7) is 8.31. The molecule has 1 amide bonds. The fourth-order valence-electron chi connectivity index (χ4n) is 2.98. The molecule has 1 heterocycles. The highest BCUT2D eigenvalue weighted by Crippen LogP contribution is 2.30. The van der Waals surface area contributed by atoms with Gasteiger partial charge in [0.05, 0.1) is 11.7 Å². The van der Waals surface area contributed by atoms with E-state index >= 15 is 0 Å². The molecule has 0 saturated heterocycles. The zero-order chi connectivity index (χ0) is 20.1. The van der Waals surface area contributed by atoms with E-state index < -0.39 is 0 Å². The molecule has 3 rings (SSSR count). The van der Waals surface area contributed by atoms with Gasteiger partial charge in [-0.3, -0.25) is 4.79 Å². The van der Waals surface area contributed by atoms with Gasteiger partial charge >= 0.3 is 0 Å². The first-order valence-corrected chi connectivity index (χ1v) is 9.31. The highest BCUT2D eigenvalue weighted by atomic mass is 16.5. The molecule has 1 aromatic heterocycles. The maximum Gasteiger partial charge on any atom is 0.258 e. The number of aromatic nitrogens is 3. The first kappa shape index (κ1) is 19.6. The fourth-order valence-corrected chi connectivity index (χ4v) is 2.98. The van der Waals surface area contributed by atoms with E-state index in [0.29, 0.717) is 0 Å². The number of nitrogens with one attached hydrogen (secondary N) is 1. The topological polar surface area (TPSA) is 69.0 Å². The lowest BCUT2D eigenvalue weighted by molar-refractivity contribution is -0.123. The Balaban J connectivity index is 1.58. The van der Waals surface area contributed by atoms with Crippen molar-refractivity contribution in [3.05, 3.63) is 72.3 Å². The van der Waals surface area contributed by atoms with Crippen LogP contribution in [-0.4, -0.2) is 27.3 Å². The maximum absolute atomic E-state index is 12.4. The molecule has 0 fully saturated rings. The summed E-state index contributed by atoms with van der Waals surface area (Å²) in [7, 11) is 0. The van der Waals surface area contributed by atoms with Crippen molar-refractivity contribution in [3.8, 4) is 11.4 Å². The van der Waals surface area contributed by atoms with E-state index in [0.717, 1.165) is 22.6 Å². The Morgan fingerprint density at radius 3 is 2.50 bits per heavy atom. The van der Waals surface area contributed by atoms with Gasteiger partial charge in [0, 0.05) is 0 Å². The van der Waals surface area contributed by atoms with Gasteiger partial charge in [-0.25, -0.2) is 9.67 Å². The van der Waals surface area contributed by atoms with E-state index in [4.69, 9.17) is 4.74 Å². The van der Waals surface area contributed by atoms with Crippen LogP contribution in [0.15, 0.2) is 61.2 Å². The smallest absolute Gasteiger partial charge is 0.258 e. The van der Waals surface area contributed by atoms with E-state index in [9.17, 15) is 4.79 Å². The summed E-state index contributed by atoms with van der Waals surface area (Å²) in [5, 5.41) is 7.09. The first-order valence-electron chi connectivity index (χ1n) is 9.31. The number of benzene rings is 2. The molecule has 0 aliphatic carbocycles. The molecule has 0 unspecified atom stereocenters. The van der Waals surface area contributed by atoms with Gasteiger partial charge in [-0.2, -0.15) is 5.10 Å². The highest BCUT2D eigenvalue weighted by Gasteiger charge is 2.19. The lowest BCUT2D eigenvalue weighted by Crippen LogP contribution is -2.31. The van der Waals surface area contributed by atoms with Crippen molar-refractivity contribution in [2.75, 3.05) is 6.61 Å². The first-order chi connectivity index (χ1) is 13.3. The molecule has 6 heteroatoms. The number of carbonyl (C=O) groups is 1. The lowest BCUT2D eigenvalue weighted by atomic mass is 9.86. The van der Waals surface area contributed by atoms with Crippen LogP contribution in [0.2, 0.25) is 0 Å². The minimum atomic E-state index is -0.156. The predicted octanol–water partition coefficient (Wildman–Crippen LogP) is 3.82. The third-order valence-electron chi connectivity index (χ3n) is 4.51. The summed E-state index contributed by atoms with van der Waals surface area (Å²) in [4.78, 5) is 16.3. The Morgan fingerprint density at radius 2 is 1.86 bits per heavy atom. The quantitative estimate of drug-likeness (QED) is 0.708. The van der Waals surface area contributed by atoms with Gasteiger partial charge in [-0.15, -0.1) is 0 Å². The number of rotatable bonds is 6. The van der Waals surface area contributed by atoms with Crippen molar-refractivity contribution in [2.45, 2.75) is 39.2 Å². The Bertz CT molecular complexity index is 912. The van der Waals surface area contributed by atoms with Crippen LogP contribution < -0.4 is 10.1 Å². The largest absolute Gasteiger partial charge is 0.483 e. The molecule has 3 aromatic rings. The number of amides is 1. The zero-order valence-corrected chi connectivity index (χ0v) is 16.7. The van der Waals surface area contributed by atoms with E-state index in [-0.39, 0.29) is 24.0 Å². The Labute approximate surface area is 165 Å². The van der Waals surface area contributed by atoms with Crippen LogP contribution in [0.5, 0.6) is 5.75 Å². The number of para-hydroxylation sites is 1. The molecule has 146 valence electrons. The van der Waals surface area contributed by atoms with Crippen LogP contribution >= 0.6 is 0 Å². The summed E-state index contributed by atoms with van der Waals surface area (Å²) >= 11 is 0. The molecule has 0 spiro atoms. The average Bonchev–Trinajstić information content (AvgIpc) is 3.21. The van der Waals surface area contributed by atoms with Gasteiger partial charge in [-0.1, -0.05) is 51.1 Å². The molecule has 0 saturated carbocycles. The summed E-state index contributed by atoms with van der Waals surface area (Å²) in [5.74, 6) is 0.589.